The Bertz CT molecular complexity index is 358. The van der Waals surface area contributed by atoms with Crippen molar-refractivity contribution in [1.29, 1.82) is 0 Å². The first-order valence-corrected chi connectivity index (χ1v) is 9.07. The van der Waals surface area contributed by atoms with E-state index in [-0.39, 0.29) is 36.2 Å². The molecular weight excluding hydrogens is 319 g/mol. The van der Waals surface area contributed by atoms with Gasteiger partial charge in [0.1, 0.15) is 0 Å². The number of carboxylic acids is 1. The van der Waals surface area contributed by atoms with Gasteiger partial charge in [0.25, 0.3) is 0 Å². The molecule has 0 aliphatic carbocycles. The number of rotatable bonds is 15. The van der Waals surface area contributed by atoms with E-state index in [1.54, 1.807) is 0 Å². The molecule has 6 nitrogen and oxygen atoms in total. The van der Waals surface area contributed by atoms with Crippen molar-refractivity contribution in [1.82, 2.24) is 0 Å². The molecule has 22 heavy (non-hydrogen) atoms. The molecule has 0 rings (SSSR count). The summed E-state index contributed by atoms with van der Waals surface area (Å²) in [5.41, 5.74) is 0. The van der Waals surface area contributed by atoms with Crippen molar-refractivity contribution >= 4 is 45.9 Å². The van der Waals surface area contributed by atoms with E-state index in [9.17, 15) is 13.2 Å². The van der Waals surface area contributed by atoms with Crippen molar-refractivity contribution in [2.24, 2.45) is 0 Å². The van der Waals surface area contributed by atoms with Crippen molar-refractivity contribution in [3.8, 4) is 0 Å². The third kappa shape index (κ3) is 18.4. The monoisotopic (exact) mass is 348 g/mol. The van der Waals surface area contributed by atoms with Gasteiger partial charge in [-0.3, -0.25) is 0 Å². The summed E-state index contributed by atoms with van der Waals surface area (Å²) in [5, 5.41) is 8.29. The summed E-state index contributed by atoms with van der Waals surface area (Å²) >= 11 is 0. The van der Waals surface area contributed by atoms with E-state index >= 15 is 0 Å². The van der Waals surface area contributed by atoms with Crippen LogP contribution in [-0.2, 0) is 23.6 Å². The van der Waals surface area contributed by atoms with Gasteiger partial charge in [-0.25, -0.2) is 13.2 Å². The summed E-state index contributed by atoms with van der Waals surface area (Å²) in [6, 6.07) is 0. The van der Waals surface area contributed by atoms with E-state index in [2.05, 4.69) is 15.3 Å². The quantitative estimate of drug-likeness (QED) is 0.361. The average Bonchev–Trinajstić information content (AvgIpc) is 2.43. The van der Waals surface area contributed by atoms with Crippen LogP contribution in [0.25, 0.3) is 0 Å². The van der Waals surface area contributed by atoms with Crippen molar-refractivity contribution in [2.45, 2.75) is 71.1 Å². The molecule has 0 saturated heterocycles. The van der Waals surface area contributed by atoms with Crippen LogP contribution >= 0.6 is 0 Å². The van der Waals surface area contributed by atoms with Crippen LogP contribution in [-0.4, -0.2) is 62.3 Å². The molecule has 0 aromatic heterocycles. The summed E-state index contributed by atoms with van der Waals surface area (Å²) in [6.45, 7) is 1.34. The molecule has 0 heterocycles. The molecule has 0 spiro atoms. The molecule has 0 aliphatic rings. The molecule has 0 unspecified atom stereocenters. The molecule has 0 aromatic rings. The van der Waals surface area contributed by atoms with E-state index in [0.29, 0.717) is 6.42 Å². The van der Waals surface area contributed by atoms with E-state index in [1.165, 1.54) is 38.5 Å². The fourth-order valence-electron chi connectivity index (χ4n) is 1.91. The van der Waals surface area contributed by atoms with Crippen LogP contribution in [0.2, 0.25) is 0 Å². The number of carboxylic acid groups (broad SMARTS) is 1. The van der Waals surface area contributed by atoms with Gasteiger partial charge in [0.15, 0.2) is 6.61 Å². The van der Waals surface area contributed by atoms with E-state index in [0.717, 1.165) is 19.3 Å². The first-order chi connectivity index (χ1) is 9.98. The predicted molar refractivity (Wildman–Crippen MR) is 87.5 cm³/mol. The molecule has 0 radical (unpaired) electrons. The molecule has 0 saturated carbocycles. The fraction of sp³-hybridized carbons (Fsp3) is 0.929. The molecule has 0 fully saturated rings. The van der Waals surface area contributed by atoms with Crippen LogP contribution in [0, 0.1) is 0 Å². The second-order valence-corrected chi connectivity index (χ2v) is 6.36. The molecule has 128 valence electrons. The van der Waals surface area contributed by atoms with Crippen LogP contribution in [0.4, 0.5) is 0 Å². The van der Waals surface area contributed by atoms with E-state index in [4.69, 9.17) is 5.11 Å². The molecule has 0 amide bonds. The van der Waals surface area contributed by atoms with Crippen LogP contribution in [0.15, 0.2) is 0 Å². The molecule has 0 bridgehead atoms. The Morgan fingerprint density at radius 1 is 0.864 bits per heavy atom. The van der Waals surface area contributed by atoms with Crippen LogP contribution in [0.1, 0.15) is 71.1 Å². The average molecular weight is 348 g/mol. The molecule has 0 atom stereocenters. The second-order valence-electron chi connectivity index (χ2n) is 5.07. The first-order valence-electron chi connectivity index (χ1n) is 7.73. The van der Waals surface area contributed by atoms with Gasteiger partial charge in [-0.2, -0.15) is 8.42 Å². The van der Waals surface area contributed by atoms with Crippen LogP contribution in [0.5, 0.6) is 0 Å². The number of carbonyl (C=O) groups is 1. The standard InChI is InChI=1S/C14H28O6S.Na.H/c1-2-3-4-5-6-7-8-9-10-11-12-19-21(17,18)20-13-14(15)16;;/h2-13H2,1H3,(H,15,16);;. The van der Waals surface area contributed by atoms with Gasteiger partial charge in [0.05, 0.1) is 6.61 Å². The molecule has 0 aliphatic heterocycles. The van der Waals surface area contributed by atoms with Crippen LogP contribution < -0.4 is 0 Å². The predicted octanol–water partition coefficient (Wildman–Crippen LogP) is 2.62. The maximum atomic E-state index is 11.1. The third-order valence-electron chi connectivity index (χ3n) is 3.05. The minimum atomic E-state index is -4.17. The molecule has 0 aromatic carbocycles. The summed E-state index contributed by atoms with van der Waals surface area (Å²) in [5.74, 6) is -1.35. The van der Waals surface area contributed by atoms with Gasteiger partial charge in [-0.15, -0.1) is 0 Å². The Morgan fingerprint density at radius 2 is 1.32 bits per heavy atom. The first kappa shape index (κ1) is 24.6. The normalized spacial score (nSPS) is 11.1. The Balaban J connectivity index is 0. The van der Waals surface area contributed by atoms with Gasteiger partial charge < -0.3 is 5.11 Å². The molecule has 1 N–H and O–H groups in total. The van der Waals surface area contributed by atoms with Crippen LogP contribution in [0.3, 0.4) is 0 Å². The zero-order chi connectivity index (χ0) is 16.0. The van der Waals surface area contributed by atoms with Gasteiger partial charge >= 0.3 is 45.9 Å². The number of hydrogen-bond acceptors (Lipinski definition) is 5. The Hall–Kier alpha value is 0.340. The Kier molecular flexibility index (Phi) is 18.1. The van der Waals surface area contributed by atoms with Gasteiger partial charge in [0.2, 0.25) is 0 Å². The summed E-state index contributed by atoms with van der Waals surface area (Å²) in [7, 11) is -4.17. The number of aliphatic carboxylic acids is 1. The zero-order valence-electron chi connectivity index (χ0n) is 12.9. The fourth-order valence-corrected chi connectivity index (χ4v) is 2.54. The minimum absolute atomic E-state index is 0. The summed E-state index contributed by atoms with van der Waals surface area (Å²) in [4.78, 5) is 10.2. The summed E-state index contributed by atoms with van der Waals surface area (Å²) < 4.78 is 30.8. The molecule has 8 heteroatoms. The summed E-state index contributed by atoms with van der Waals surface area (Å²) in [6.07, 6.45) is 11.5. The maximum absolute atomic E-state index is 11.1. The van der Waals surface area contributed by atoms with Crippen molar-refractivity contribution in [3.05, 3.63) is 0 Å². The Morgan fingerprint density at radius 3 is 1.77 bits per heavy atom. The van der Waals surface area contributed by atoms with Gasteiger partial charge in [-0.1, -0.05) is 64.7 Å². The zero-order valence-corrected chi connectivity index (χ0v) is 13.7. The number of hydrogen-bond donors (Lipinski definition) is 1. The van der Waals surface area contributed by atoms with Gasteiger partial charge in [-0.05, 0) is 6.42 Å². The SMILES string of the molecule is CCCCCCCCCCCCOS(=O)(=O)OCC(=O)O.[NaH]. The Labute approximate surface area is 156 Å². The van der Waals surface area contributed by atoms with E-state index < -0.39 is 23.0 Å². The van der Waals surface area contributed by atoms with Crippen molar-refractivity contribution in [3.63, 3.8) is 0 Å². The number of unbranched alkanes of at least 4 members (excludes halogenated alkanes) is 9. The topological polar surface area (TPSA) is 89.9 Å². The van der Waals surface area contributed by atoms with Gasteiger partial charge in [0, 0.05) is 0 Å². The van der Waals surface area contributed by atoms with Crippen molar-refractivity contribution in [2.75, 3.05) is 13.2 Å². The van der Waals surface area contributed by atoms with E-state index in [1.807, 2.05) is 0 Å². The van der Waals surface area contributed by atoms with Crippen molar-refractivity contribution < 1.29 is 26.7 Å². The second kappa shape index (κ2) is 16.2. The molecular formula is C14H29NaO6S. The third-order valence-corrected chi connectivity index (χ3v) is 3.91.